The molecule has 31 heavy (non-hydrogen) atoms. The topological polar surface area (TPSA) is 125 Å². The van der Waals surface area contributed by atoms with Crippen LogP contribution in [0.1, 0.15) is 36.0 Å². The Morgan fingerprint density at radius 1 is 1.19 bits per heavy atom. The van der Waals surface area contributed by atoms with Crippen LogP contribution in [0.25, 0.3) is 11.2 Å². The lowest BCUT2D eigenvalue weighted by atomic mass is 10.1. The predicted molar refractivity (Wildman–Crippen MR) is 120 cm³/mol. The number of aromatic amines is 1. The number of hydrogen-bond donors (Lipinski definition) is 3. The highest BCUT2D eigenvalue weighted by Crippen LogP contribution is 2.15. The molecule has 3 aromatic rings. The molecule has 158 valence electrons. The fourth-order valence-electron chi connectivity index (χ4n) is 2.86. The first-order chi connectivity index (χ1) is 15.2. The predicted octanol–water partition coefficient (Wildman–Crippen LogP) is 3.52. The van der Waals surface area contributed by atoms with Gasteiger partial charge < -0.3 is 15.6 Å². The van der Waals surface area contributed by atoms with Gasteiger partial charge in [0.2, 0.25) is 5.91 Å². The van der Waals surface area contributed by atoms with Crippen molar-refractivity contribution < 1.29 is 9.59 Å². The number of hydrogen-bond acceptors (Lipinski definition) is 6. The summed E-state index contributed by atoms with van der Waals surface area (Å²) in [5.74, 6) is 2.68. The third-order valence-corrected chi connectivity index (χ3v) is 4.35. The van der Waals surface area contributed by atoms with Gasteiger partial charge in [0.15, 0.2) is 11.5 Å². The molecule has 0 radical (unpaired) electrons. The molecule has 0 bridgehead atoms. The minimum absolute atomic E-state index is 0.0948. The molecular formula is C22H23N7O2. The monoisotopic (exact) mass is 417 g/mol. The number of anilines is 2. The summed E-state index contributed by atoms with van der Waals surface area (Å²) in [6.07, 6.45) is 8.93. The Morgan fingerprint density at radius 3 is 2.97 bits per heavy atom. The molecule has 0 spiro atoms. The number of aromatic nitrogens is 4. The Bertz CT molecular complexity index is 1130. The van der Waals surface area contributed by atoms with E-state index >= 15 is 0 Å². The van der Waals surface area contributed by atoms with Crippen molar-refractivity contribution in [1.82, 2.24) is 19.9 Å². The molecule has 0 saturated carbocycles. The van der Waals surface area contributed by atoms with Crippen LogP contribution in [0, 0.1) is 0 Å². The largest absolute Gasteiger partial charge is 0.368 e. The second-order valence-electron chi connectivity index (χ2n) is 6.64. The summed E-state index contributed by atoms with van der Waals surface area (Å²) in [5.41, 5.74) is 2.35. The number of nitrogens with zero attached hydrogens (tertiary/aromatic N) is 4. The van der Waals surface area contributed by atoms with E-state index in [1.54, 1.807) is 30.6 Å². The SMILES string of the molecule is C=CC=C=NC(=O)c1cccc(NC(=O)CCCCCNc2ncnc3nc[nH]c23)c1. The van der Waals surface area contributed by atoms with Crippen LogP contribution >= 0.6 is 0 Å². The summed E-state index contributed by atoms with van der Waals surface area (Å²) in [6, 6.07) is 6.67. The fraction of sp³-hybridized carbons (Fsp3) is 0.227. The number of rotatable bonds is 10. The molecule has 0 atom stereocenters. The first-order valence-corrected chi connectivity index (χ1v) is 9.90. The van der Waals surface area contributed by atoms with Crippen LogP contribution in [-0.2, 0) is 4.79 Å². The number of allylic oxidation sites excluding steroid dienone is 2. The minimum atomic E-state index is -0.433. The van der Waals surface area contributed by atoms with Crippen LogP contribution in [0.4, 0.5) is 11.5 Å². The van der Waals surface area contributed by atoms with E-state index in [-0.39, 0.29) is 5.91 Å². The molecule has 3 rings (SSSR count). The van der Waals surface area contributed by atoms with Gasteiger partial charge in [0.05, 0.1) is 6.33 Å². The van der Waals surface area contributed by atoms with Gasteiger partial charge in [-0.25, -0.2) is 15.0 Å². The minimum Gasteiger partial charge on any atom is -0.368 e. The van der Waals surface area contributed by atoms with E-state index in [2.05, 4.69) is 48.0 Å². The molecule has 0 aliphatic heterocycles. The molecule has 3 N–H and O–H groups in total. The number of amides is 2. The average molecular weight is 417 g/mol. The van der Waals surface area contributed by atoms with E-state index in [1.807, 2.05) is 0 Å². The number of unbranched alkanes of at least 4 members (excludes halogenated alkanes) is 2. The van der Waals surface area contributed by atoms with E-state index in [0.29, 0.717) is 23.3 Å². The van der Waals surface area contributed by atoms with Gasteiger partial charge in [-0.2, -0.15) is 4.99 Å². The number of H-pyrrole nitrogens is 1. The van der Waals surface area contributed by atoms with Crippen molar-refractivity contribution in [2.45, 2.75) is 25.7 Å². The molecule has 2 aromatic heterocycles. The second kappa shape index (κ2) is 11.2. The van der Waals surface area contributed by atoms with Crippen LogP contribution in [0.3, 0.4) is 0 Å². The summed E-state index contributed by atoms with van der Waals surface area (Å²) in [7, 11) is 0. The molecule has 0 fully saturated rings. The van der Waals surface area contributed by atoms with Crippen molar-refractivity contribution in [2.24, 2.45) is 4.99 Å². The van der Waals surface area contributed by atoms with Crippen LogP contribution in [-0.4, -0.2) is 44.2 Å². The summed E-state index contributed by atoms with van der Waals surface area (Å²) < 4.78 is 0. The van der Waals surface area contributed by atoms with Gasteiger partial charge in [0.25, 0.3) is 5.91 Å². The molecule has 1 aromatic carbocycles. The van der Waals surface area contributed by atoms with Crippen molar-refractivity contribution in [3.8, 4) is 0 Å². The van der Waals surface area contributed by atoms with Crippen LogP contribution in [0.2, 0.25) is 0 Å². The average Bonchev–Trinajstić information content (AvgIpc) is 3.26. The standard InChI is InChI=1S/C22H23N7O2/c1-2-3-11-24-22(31)16-8-7-9-17(13-16)29-18(30)10-5-4-6-12-23-20-19-21(26-14-25-19)28-15-27-20/h2-3,7-9,13-15H,1,4-6,10,12H2,(H,29,30)(H2,23,25,26,27,28). The highest BCUT2D eigenvalue weighted by atomic mass is 16.2. The first kappa shape index (κ1) is 21.6. The smallest absolute Gasteiger partial charge is 0.285 e. The summed E-state index contributed by atoms with van der Waals surface area (Å²) in [4.78, 5) is 43.2. The summed E-state index contributed by atoms with van der Waals surface area (Å²) in [5, 5.41) is 6.08. The maximum absolute atomic E-state index is 12.2. The van der Waals surface area contributed by atoms with Gasteiger partial charge in [-0.05, 0) is 43.0 Å². The summed E-state index contributed by atoms with van der Waals surface area (Å²) in [6.45, 7) is 4.23. The van der Waals surface area contributed by atoms with E-state index < -0.39 is 5.91 Å². The highest BCUT2D eigenvalue weighted by molar-refractivity contribution is 6.00. The Morgan fingerprint density at radius 2 is 2.10 bits per heavy atom. The second-order valence-corrected chi connectivity index (χ2v) is 6.64. The van der Waals surface area contributed by atoms with Crippen LogP contribution in [0.15, 0.2) is 60.6 Å². The zero-order chi connectivity index (χ0) is 21.9. The molecule has 9 nitrogen and oxygen atoms in total. The molecule has 0 saturated heterocycles. The van der Waals surface area contributed by atoms with Gasteiger partial charge in [-0.1, -0.05) is 25.1 Å². The number of carbonyl (C=O) groups excluding carboxylic acids is 2. The van der Waals surface area contributed by atoms with E-state index in [4.69, 9.17) is 0 Å². The number of aliphatic imine (C=N–C) groups is 1. The van der Waals surface area contributed by atoms with Crippen LogP contribution in [0.5, 0.6) is 0 Å². The molecule has 9 heteroatoms. The zero-order valence-electron chi connectivity index (χ0n) is 17.0. The van der Waals surface area contributed by atoms with Crippen molar-refractivity contribution in [3.63, 3.8) is 0 Å². The number of imidazole rings is 1. The van der Waals surface area contributed by atoms with Gasteiger partial charge in [0, 0.05) is 24.2 Å². The van der Waals surface area contributed by atoms with Crippen molar-refractivity contribution in [3.05, 3.63) is 61.2 Å². The quantitative estimate of drug-likeness (QED) is 0.263. The molecule has 0 aliphatic carbocycles. The summed E-state index contributed by atoms with van der Waals surface area (Å²) >= 11 is 0. The van der Waals surface area contributed by atoms with Crippen molar-refractivity contribution in [1.29, 1.82) is 0 Å². The van der Waals surface area contributed by atoms with Gasteiger partial charge in [0.1, 0.15) is 11.8 Å². The number of benzene rings is 1. The zero-order valence-corrected chi connectivity index (χ0v) is 17.0. The molecule has 2 amide bonds. The molecule has 0 aliphatic rings. The van der Waals surface area contributed by atoms with Crippen LogP contribution < -0.4 is 10.6 Å². The Labute approximate surface area is 179 Å². The number of fused-ring (bicyclic) bond motifs is 1. The molecule has 2 heterocycles. The van der Waals surface area contributed by atoms with Gasteiger partial charge >= 0.3 is 0 Å². The Hall–Kier alpha value is -4.10. The van der Waals surface area contributed by atoms with E-state index in [0.717, 1.165) is 37.1 Å². The lowest BCUT2D eigenvalue weighted by molar-refractivity contribution is -0.116. The normalized spacial score (nSPS) is 10.2. The highest BCUT2D eigenvalue weighted by Gasteiger charge is 2.07. The van der Waals surface area contributed by atoms with Crippen molar-refractivity contribution in [2.75, 3.05) is 17.2 Å². The fourth-order valence-corrected chi connectivity index (χ4v) is 2.86. The lowest BCUT2D eigenvalue weighted by Crippen LogP contribution is -2.12. The van der Waals surface area contributed by atoms with Crippen molar-refractivity contribution >= 4 is 40.4 Å². The van der Waals surface area contributed by atoms with E-state index in [1.165, 1.54) is 18.5 Å². The Kier molecular flexibility index (Phi) is 7.79. The van der Waals surface area contributed by atoms with Gasteiger partial charge in [-0.3, -0.25) is 9.59 Å². The maximum Gasteiger partial charge on any atom is 0.285 e. The third kappa shape index (κ3) is 6.45. The number of carbonyl (C=O) groups is 2. The lowest BCUT2D eigenvalue weighted by Gasteiger charge is -2.07. The molecule has 0 unspecified atom stereocenters. The van der Waals surface area contributed by atoms with E-state index in [9.17, 15) is 9.59 Å². The number of nitrogens with one attached hydrogen (secondary N) is 3. The molecular weight excluding hydrogens is 394 g/mol. The Balaban J connectivity index is 1.38. The third-order valence-electron chi connectivity index (χ3n) is 4.35. The first-order valence-electron chi connectivity index (χ1n) is 9.90. The maximum atomic E-state index is 12.2. The van der Waals surface area contributed by atoms with Gasteiger partial charge in [-0.15, -0.1) is 0 Å².